The van der Waals surface area contributed by atoms with Crippen molar-refractivity contribution in [3.63, 3.8) is 0 Å². The van der Waals surface area contributed by atoms with E-state index < -0.39 is 0 Å². The molecule has 0 bridgehead atoms. The number of hydrogen-bond donors (Lipinski definition) is 2. The smallest absolute Gasteiger partial charge is 0.191 e. The van der Waals surface area contributed by atoms with Crippen LogP contribution < -0.4 is 20.1 Å². The Hall–Kier alpha value is -2.69. The summed E-state index contributed by atoms with van der Waals surface area (Å²) in [6.07, 6.45) is 2.03. The molecule has 2 rings (SSSR count). The van der Waals surface area contributed by atoms with Crippen molar-refractivity contribution in [1.29, 1.82) is 0 Å². The van der Waals surface area contributed by atoms with Gasteiger partial charge in [-0.15, -0.1) is 0 Å². The van der Waals surface area contributed by atoms with Gasteiger partial charge in [-0.2, -0.15) is 0 Å². The molecule has 0 aliphatic heterocycles. The molecule has 5 heteroatoms. The Bertz CT molecular complexity index is 642. The van der Waals surface area contributed by atoms with Crippen LogP contribution in [0.1, 0.15) is 25.3 Å². The summed E-state index contributed by atoms with van der Waals surface area (Å²) in [4.78, 5) is 4.63. The van der Waals surface area contributed by atoms with Crippen LogP contribution in [0.15, 0.2) is 59.6 Å². The Labute approximate surface area is 156 Å². The summed E-state index contributed by atoms with van der Waals surface area (Å²) in [5.41, 5.74) is 1.15. The van der Waals surface area contributed by atoms with E-state index in [9.17, 15) is 0 Å². The second kappa shape index (κ2) is 11.8. The van der Waals surface area contributed by atoms with Gasteiger partial charge in [0.15, 0.2) is 5.96 Å². The number of ether oxygens (including phenoxy) is 2. The minimum Gasteiger partial charge on any atom is -0.497 e. The lowest BCUT2D eigenvalue weighted by Crippen LogP contribution is -2.37. The first kappa shape index (κ1) is 19.6. The van der Waals surface area contributed by atoms with E-state index in [-0.39, 0.29) is 0 Å². The Morgan fingerprint density at radius 2 is 1.69 bits per heavy atom. The average molecular weight is 355 g/mol. The number of unbranched alkanes of at least 4 members (excludes halogenated alkanes) is 1. The van der Waals surface area contributed by atoms with Crippen LogP contribution in [0.3, 0.4) is 0 Å². The second-order valence-corrected chi connectivity index (χ2v) is 5.84. The molecule has 140 valence electrons. The minimum atomic E-state index is 0.635. The van der Waals surface area contributed by atoms with Crippen molar-refractivity contribution in [3.8, 4) is 11.5 Å². The summed E-state index contributed by atoms with van der Waals surface area (Å²) in [6.45, 7) is 5.14. The molecule has 0 spiro atoms. The number of aliphatic imine (C=N–C) groups is 1. The average Bonchev–Trinajstić information content (AvgIpc) is 2.69. The quantitative estimate of drug-likeness (QED) is 0.388. The fraction of sp³-hybridized carbons (Fsp3) is 0.381. The molecule has 0 saturated heterocycles. The molecule has 0 atom stereocenters. The van der Waals surface area contributed by atoms with E-state index in [1.165, 1.54) is 0 Å². The topological polar surface area (TPSA) is 54.9 Å². The summed E-state index contributed by atoms with van der Waals surface area (Å²) in [7, 11) is 1.67. The predicted molar refractivity (Wildman–Crippen MR) is 107 cm³/mol. The van der Waals surface area contributed by atoms with Crippen molar-refractivity contribution in [2.75, 3.05) is 26.8 Å². The number of nitrogens with zero attached hydrogens (tertiary/aromatic N) is 1. The van der Waals surface area contributed by atoms with E-state index in [2.05, 4.69) is 22.5 Å². The van der Waals surface area contributed by atoms with Crippen LogP contribution in [-0.2, 0) is 6.54 Å². The van der Waals surface area contributed by atoms with Gasteiger partial charge in [-0.3, -0.25) is 0 Å². The van der Waals surface area contributed by atoms with Crippen LogP contribution in [0.5, 0.6) is 11.5 Å². The standard InChI is InChI=1S/C21H29N3O2/c1-3-22-21(24-17-18-11-13-19(25-2)14-12-18)23-15-7-8-16-26-20-9-5-4-6-10-20/h4-6,9-14H,3,7-8,15-17H2,1-2H3,(H2,22,23,24). The van der Waals surface area contributed by atoms with Crippen LogP contribution in [0.4, 0.5) is 0 Å². The van der Waals surface area contributed by atoms with E-state index in [1.807, 2.05) is 54.6 Å². The van der Waals surface area contributed by atoms with Gasteiger partial charge in [0, 0.05) is 13.1 Å². The summed E-state index contributed by atoms with van der Waals surface area (Å²) < 4.78 is 10.9. The first-order chi connectivity index (χ1) is 12.8. The highest BCUT2D eigenvalue weighted by Crippen LogP contribution is 2.12. The Morgan fingerprint density at radius 1 is 0.923 bits per heavy atom. The molecule has 5 nitrogen and oxygen atoms in total. The maximum absolute atomic E-state index is 5.70. The predicted octanol–water partition coefficient (Wildman–Crippen LogP) is 3.61. The first-order valence-corrected chi connectivity index (χ1v) is 9.14. The molecule has 26 heavy (non-hydrogen) atoms. The molecular weight excluding hydrogens is 326 g/mol. The molecule has 0 aromatic heterocycles. The monoisotopic (exact) mass is 355 g/mol. The number of nitrogens with one attached hydrogen (secondary N) is 2. The Balaban J connectivity index is 1.67. The minimum absolute atomic E-state index is 0.635. The zero-order valence-corrected chi connectivity index (χ0v) is 15.7. The first-order valence-electron chi connectivity index (χ1n) is 9.14. The second-order valence-electron chi connectivity index (χ2n) is 5.84. The fourth-order valence-electron chi connectivity index (χ4n) is 2.38. The van der Waals surface area contributed by atoms with E-state index in [4.69, 9.17) is 9.47 Å². The van der Waals surface area contributed by atoms with Gasteiger partial charge in [-0.05, 0) is 49.6 Å². The number of hydrogen-bond acceptors (Lipinski definition) is 3. The van der Waals surface area contributed by atoms with E-state index >= 15 is 0 Å². The van der Waals surface area contributed by atoms with Gasteiger partial charge in [0.25, 0.3) is 0 Å². The molecule has 2 aromatic carbocycles. The van der Waals surface area contributed by atoms with Crippen molar-refractivity contribution in [2.24, 2.45) is 4.99 Å². The third-order valence-electron chi connectivity index (χ3n) is 3.80. The molecule has 0 fully saturated rings. The lowest BCUT2D eigenvalue weighted by atomic mass is 10.2. The fourth-order valence-corrected chi connectivity index (χ4v) is 2.38. The molecule has 0 aliphatic carbocycles. The third kappa shape index (κ3) is 7.47. The maximum atomic E-state index is 5.70. The van der Waals surface area contributed by atoms with Crippen molar-refractivity contribution in [3.05, 3.63) is 60.2 Å². The number of benzene rings is 2. The molecule has 0 unspecified atom stereocenters. The van der Waals surface area contributed by atoms with Gasteiger partial charge in [0.05, 0.1) is 20.3 Å². The van der Waals surface area contributed by atoms with E-state index in [0.717, 1.165) is 55.6 Å². The van der Waals surface area contributed by atoms with Crippen LogP contribution in [0.2, 0.25) is 0 Å². The lowest BCUT2D eigenvalue weighted by molar-refractivity contribution is 0.307. The highest BCUT2D eigenvalue weighted by atomic mass is 16.5. The molecule has 0 saturated carbocycles. The molecule has 2 N–H and O–H groups in total. The van der Waals surface area contributed by atoms with Gasteiger partial charge in [0.2, 0.25) is 0 Å². The number of para-hydroxylation sites is 1. The van der Waals surface area contributed by atoms with E-state index in [1.54, 1.807) is 7.11 Å². The molecular formula is C21H29N3O2. The highest BCUT2D eigenvalue weighted by molar-refractivity contribution is 5.79. The van der Waals surface area contributed by atoms with Gasteiger partial charge in [-0.1, -0.05) is 30.3 Å². The number of rotatable bonds is 10. The molecule has 0 aliphatic rings. The Morgan fingerprint density at radius 3 is 2.38 bits per heavy atom. The molecule has 2 aromatic rings. The summed E-state index contributed by atoms with van der Waals surface area (Å²) >= 11 is 0. The van der Waals surface area contributed by atoms with Gasteiger partial charge in [-0.25, -0.2) is 4.99 Å². The zero-order valence-electron chi connectivity index (χ0n) is 15.7. The van der Waals surface area contributed by atoms with Crippen molar-refractivity contribution >= 4 is 5.96 Å². The molecule has 0 radical (unpaired) electrons. The van der Waals surface area contributed by atoms with Crippen molar-refractivity contribution in [1.82, 2.24) is 10.6 Å². The van der Waals surface area contributed by atoms with Gasteiger partial charge in [0.1, 0.15) is 11.5 Å². The SMILES string of the molecule is CCNC(=NCc1ccc(OC)cc1)NCCCCOc1ccccc1. The van der Waals surface area contributed by atoms with E-state index in [0.29, 0.717) is 6.54 Å². The molecule has 0 amide bonds. The van der Waals surface area contributed by atoms with Crippen LogP contribution in [-0.4, -0.2) is 32.8 Å². The lowest BCUT2D eigenvalue weighted by Gasteiger charge is -2.11. The largest absolute Gasteiger partial charge is 0.497 e. The Kier molecular flexibility index (Phi) is 8.90. The van der Waals surface area contributed by atoms with Gasteiger partial charge >= 0.3 is 0 Å². The van der Waals surface area contributed by atoms with Gasteiger partial charge < -0.3 is 20.1 Å². The normalized spacial score (nSPS) is 11.1. The summed E-state index contributed by atoms with van der Waals surface area (Å²) in [6, 6.07) is 17.9. The maximum Gasteiger partial charge on any atom is 0.191 e. The van der Waals surface area contributed by atoms with Crippen molar-refractivity contribution < 1.29 is 9.47 Å². The zero-order chi connectivity index (χ0) is 18.5. The summed E-state index contributed by atoms with van der Waals surface area (Å²) in [5, 5.41) is 6.65. The molecule has 0 heterocycles. The van der Waals surface area contributed by atoms with Crippen LogP contribution >= 0.6 is 0 Å². The summed E-state index contributed by atoms with van der Waals surface area (Å²) in [5.74, 6) is 2.63. The van der Waals surface area contributed by atoms with Crippen LogP contribution in [0, 0.1) is 0 Å². The number of guanidine groups is 1. The van der Waals surface area contributed by atoms with Crippen molar-refractivity contribution in [2.45, 2.75) is 26.3 Å². The number of methoxy groups -OCH3 is 1. The third-order valence-corrected chi connectivity index (χ3v) is 3.80. The highest BCUT2D eigenvalue weighted by Gasteiger charge is 1.99. The van der Waals surface area contributed by atoms with Crippen LogP contribution in [0.25, 0.3) is 0 Å².